The number of thioether (sulfide) groups is 1. The van der Waals surface area contributed by atoms with Gasteiger partial charge in [0.25, 0.3) is 0 Å². The van der Waals surface area contributed by atoms with E-state index >= 15 is 0 Å². The van der Waals surface area contributed by atoms with Crippen LogP contribution in [0.25, 0.3) is 0 Å². The lowest BCUT2D eigenvalue weighted by atomic mass is 10.2. The van der Waals surface area contributed by atoms with Gasteiger partial charge in [-0.05, 0) is 20.8 Å². The van der Waals surface area contributed by atoms with E-state index < -0.39 is 24.0 Å². The summed E-state index contributed by atoms with van der Waals surface area (Å²) >= 11 is 1.33. The first-order valence-electron chi connectivity index (χ1n) is 6.02. The summed E-state index contributed by atoms with van der Waals surface area (Å²) in [5, 5.41) is 24.2. The van der Waals surface area contributed by atoms with E-state index in [9.17, 15) is 14.7 Å². The van der Waals surface area contributed by atoms with Gasteiger partial charge in [-0.25, -0.2) is 4.79 Å². The summed E-state index contributed by atoms with van der Waals surface area (Å²) in [7, 11) is 0. The third-order valence-corrected chi connectivity index (χ3v) is 3.68. The van der Waals surface area contributed by atoms with Gasteiger partial charge in [0.15, 0.2) is 6.04 Å². The van der Waals surface area contributed by atoms with Gasteiger partial charge in [-0.1, -0.05) is 5.16 Å². The summed E-state index contributed by atoms with van der Waals surface area (Å²) in [6, 6.07) is -1.29. The van der Waals surface area contributed by atoms with Crippen molar-refractivity contribution in [3.05, 3.63) is 17.0 Å². The van der Waals surface area contributed by atoms with Crippen molar-refractivity contribution in [3.8, 4) is 0 Å². The van der Waals surface area contributed by atoms with Gasteiger partial charge >= 0.3 is 5.97 Å². The Morgan fingerprint density at radius 2 is 2.10 bits per heavy atom. The fraction of sp³-hybridized carbons (Fsp3) is 0.583. The Morgan fingerprint density at radius 3 is 2.55 bits per heavy atom. The fourth-order valence-electron chi connectivity index (χ4n) is 1.56. The number of aliphatic hydroxyl groups excluding tert-OH is 1. The van der Waals surface area contributed by atoms with Crippen LogP contribution in [0.15, 0.2) is 4.52 Å². The van der Waals surface area contributed by atoms with E-state index in [0.29, 0.717) is 11.5 Å². The van der Waals surface area contributed by atoms with Gasteiger partial charge < -0.3 is 20.1 Å². The molecule has 0 unspecified atom stereocenters. The Labute approximate surface area is 120 Å². The van der Waals surface area contributed by atoms with Crippen molar-refractivity contribution in [1.82, 2.24) is 10.5 Å². The number of hydrogen-bond donors (Lipinski definition) is 3. The molecule has 7 nitrogen and oxygen atoms in total. The van der Waals surface area contributed by atoms with Crippen LogP contribution in [0, 0.1) is 13.8 Å². The van der Waals surface area contributed by atoms with E-state index in [4.69, 9.17) is 9.63 Å². The van der Waals surface area contributed by atoms with Crippen molar-refractivity contribution in [1.29, 1.82) is 0 Å². The third-order valence-electron chi connectivity index (χ3n) is 2.73. The molecule has 1 rings (SSSR count). The molecule has 0 radical (unpaired) electrons. The maximum Gasteiger partial charge on any atom is 0.328 e. The molecule has 1 amide bonds. The van der Waals surface area contributed by atoms with Gasteiger partial charge in [0.05, 0.1) is 17.6 Å². The lowest BCUT2D eigenvalue weighted by molar-refractivity contribution is -0.144. The van der Waals surface area contributed by atoms with Gasteiger partial charge in [0.2, 0.25) is 5.91 Å². The van der Waals surface area contributed by atoms with Gasteiger partial charge in [-0.3, -0.25) is 4.79 Å². The predicted molar refractivity (Wildman–Crippen MR) is 73.4 cm³/mol. The molecule has 0 saturated heterocycles. The van der Waals surface area contributed by atoms with Crippen LogP contribution in [0.5, 0.6) is 0 Å². The first-order chi connectivity index (χ1) is 9.32. The summed E-state index contributed by atoms with van der Waals surface area (Å²) in [5.74, 6) is -0.330. The number of carbonyl (C=O) groups is 2. The zero-order valence-electron chi connectivity index (χ0n) is 11.5. The second-order valence-corrected chi connectivity index (χ2v) is 5.41. The molecule has 8 heteroatoms. The second-order valence-electron chi connectivity index (χ2n) is 4.42. The molecule has 20 heavy (non-hydrogen) atoms. The number of aryl methyl sites for hydroxylation is 2. The standard InChI is InChI=1S/C12H18N2O5S/c1-6-9(8(3)19-14-6)4-20-5-10(16)13-11(7(2)15)12(17)18/h7,11,15H,4-5H2,1-3H3,(H,13,16)(H,17,18)/t7-,11+/m1/s1. The Bertz CT molecular complexity index is 467. The molecule has 0 bridgehead atoms. The molecule has 3 N–H and O–H groups in total. The van der Waals surface area contributed by atoms with Crippen LogP contribution in [0.1, 0.15) is 23.9 Å². The maximum atomic E-state index is 11.6. The molecule has 2 atom stereocenters. The molecule has 0 saturated carbocycles. The smallest absolute Gasteiger partial charge is 0.328 e. The molecule has 0 aliphatic rings. The first kappa shape index (κ1) is 16.5. The lowest BCUT2D eigenvalue weighted by Gasteiger charge is -2.16. The van der Waals surface area contributed by atoms with Crippen molar-refractivity contribution < 1.29 is 24.3 Å². The summed E-state index contributed by atoms with van der Waals surface area (Å²) in [4.78, 5) is 22.4. The SMILES string of the molecule is Cc1noc(C)c1CSCC(=O)N[C@H](C(=O)O)[C@@H](C)O. The number of aliphatic hydroxyl groups is 1. The summed E-state index contributed by atoms with van der Waals surface area (Å²) in [5.41, 5.74) is 1.72. The van der Waals surface area contributed by atoms with E-state index in [-0.39, 0.29) is 5.75 Å². The number of amides is 1. The predicted octanol–water partition coefficient (Wildman–Crippen LogP) is 0.475. The largest absolute Gasteiger partial charge is 0.480 e. The van der Waals surface area contributed by atoms with Crippen molar-refractivity contribution in [2.75, 3.05) is 5.75 Å². The van der Waals surface area contributed by atoms with Crippen LogP contribution in [-0.2, 0) is 15.3 Å². The lowest BCUT2D eigenvalue weighted by Crippen LogP contribution is -2.48. The number of aromatic nitrogens is 1. The quantitative estimate of drug-likeness (QED) is 0.671. The average Bonchev–Trinajstić information content (AvgIpc) is 2.66. The van der Waals surface area contributed by atoms with E-state index in [1.165, 1.54) is 18.7 Å². The highest BCUT2D eigenvalue weighted by Gasteiger charge is 2.24. The minimum absolute atomic E-state index is 0.0978. The molecular weight excluding hydrogens is 284 g/mol. The molecule has 0 aliphatic heterocycles. The van der Waals surface area contributed by atoms with Crippen LogP contribution in [0.4, 0.5) is 0 Å². The van der Waals surface area contributed by atoms with Crippen LogP contribution < -0.4 is 5.32 Å². The molecule has 1 heterocycles. The highest BCUT2D eigenvalue weighted by Crippen LogP contribution is 2.19. The Balaban J connectivity index is 2.42. The average molecular weight is 302 g/mol. The number of nitrogens with one attached hydrogen (secondary N) is 1. The third kappa shape index (κ3) is 4.53. The van der Waals surface area contributed by atoms with Crippen molar-refractivity contribution in [3.63, 3.8) is 0 Å². The number of hydrogen-bond acceptors (Lipinski definition) is 6. The minimum atomic E-state index is -1.29. The van der Waals surface area contributed by atoms with Gasteiger partial charge in [0.1, 0.15) is 5.76 Å². The van der Waals surface area contributed by atoms with Gasteiger partial charge in [-0.2, -0.15) is 0 Å². The van der Waals surface area contributed by atoms with E-state index in [2.05, 4.69) is 10.5 Å². The van der Waals surface area contributed by atoms with E-state index in [0.717, 1.165) is 11.3 Å². The van der Waals surface area contributed by atoms with E-state index in [1.807, 2.05) is 6.92 Å². The number of rotatable bonds is 7. The number of carbonyl (C=O) groups excluding carboxylic acids is 1. The van der Waals surface area contributed by atoms with Crippen LogP contribution in [0.3, 0.4) is 0 Å². The molecule has 0 aliphatic carbocycles. The maximum absolute atomic E-state index is 11.6. The van der Waals surface area contributed by atoms with Crippen molar-refractivity contribution >= 4 is 23.6 Å². The van der Waals surface area contributed by atoms with Crippen molar-refractivity contribution in [2.24, 2.45) is 0 Å². The summed E-state index contributed by atoms with van der Waals surface area (Å²) in [6.45, 7) is 4.93. The van der Waals surface area contributed by atoms with Crippen molar-refractivity contribution in [2.45, 2.75) is 38.7 Å². The summed E-state index contributed by atoms with van der Waals surface area (Å²) < 4.78 is 5.01. The topological polar surface area (TPSA) is 113 Å². The number of carboxylic acid groups (broad SMARTS) is 1. The number of carboxylic acids is 1. The highest BCUT2D eigenvalue weighted by molar-refractivity contribution is 7.99. The Morgan fingerprint density at radius 1 is 1.45 bits per heavy atom. The Hall–Kier alpha value is -1.54. The minimum Gasteiger partial charge on any atom is -0.480 e. The normalized spacial score (nSPS) is 13.8. The summed E-state index contributed by atoms with van der Waals surface area (Å²) in [6.07, 6.45) is -1.15. The molecule has 0 spiro atoms. The first-order valence-corrected chi connectivity index (χ1v) is 7.18. The van der Waals surface area contributed by atoms with Gasteiger partial charge in [0, 0.05) is 11.3 Å². The van der Waals surface area contributed by atoms with Crippen LogP contribution in [0.2, 0.25) is 0 Å². The van der Waals surface area contributed by atoms with E-state index in [1.54, 1.807) is 6.92 Å². The number of aliphatic carboxylic acids is 1. The molecular formula is C12H18N2O5S. The van der Waals surface area contributed by atoms with Gasteiger partial charge in [-0.15, -0.1) is 11.8 Å². The molecule has 1 aromatic rings. The molecule has 0 fully saturated rings. The molecule has 0 aromatic carbocycles. The Kier molecular flexibility index (Phi) is 6.03. The molecule has 112 valence electrons. The fourth-order valence-corrected chi connectivity index (χ4v) is 2.54. The molecule has 1 aromatic heterocycles. The number of nitrogens with zero attached hydrogens (tertiary/aromatic N) is 1. The monoisotopic (exact) mass is 302 g/mol. The zero-order valence-corrected chi connectivity index (χ0v) is 12.4. The van der Waals surface area contributed by atoms with Crippen LogP contribution >= 0.6 is 11.8 Å². The highest BCUT2D eigenvalue weighted by atomic mass is 32.2. The zero-order chi connectivity index (χ0) is 15.3. The second kappa shape index (κ2) is 7.30. The van der Waals surface area contributed by atoms with Crippen LogP contribution in [-0.4, -0.2) is 45.1 Å².